The average molecular weight is 246 g/mol. The maximum atomic E-state index is 11.7. The quantitative estimate of drug-likeness (QED) is 0.710. The van der Waals surface area contributed by atoms with E-state index in [1.54, 1.807) is 25.1 Å². The van der Waals surface area contributed by atoms with Crippen LogP contribution in [0.2, 0.25) is 0 Å². The van der Waals surface area contributed by atoms with Crippen LogP contribution in [0.25, 0.3) is 0 Å². The van der Waals surface area contributed by atoms with Crippen molar-refractivity contribution < 1.29 is 9.32 Å². The van der Waals surface area contributed by atoms with Crippen molar-refractivity contribution in [3.8, 4) is 0 Å². The van der Waals surface area contributed by atoms with Crippen molar-refractivity contribution in [2.75, 3.05) is 16.4 Å². The summed E-state index contributed by atoms with van der Waals surface area (Å²) >= 11 is 0. The summed E-state index contributed by atoms with van der Waals surface area (Å²) in [6.45, 7) is 3.67. The van der Waals surface area contributed by atoms with Gasteiger partial charge in [0.15, 0.2) is 5.82 Å². The molecule has 2 rings (SSSR count). The van der Waals surface area contributed by atoms with Gasteiger partial charge in [-0.25, -0.2) is 4.79 Å². The maximum absolute atomic E-state index is 11.7. The molecule has 0 saturated carbocycles. The summed E-state index contributed by atoms with van der Waals surface area (Å²) in [4.78, 5) is 11.7. The number of nitrogens with two attached hydrogens (primary N) is 1. The molecule has 0 atom stereocenters. The second kappa shape index (κ2) is 4.79. The van der Waals surface area contributed by atoms with Crippen molar-refractivity contribution in [1.82, 2.24) is 5.16 Å². The van der Waals surface area contributed by atoms with Gasteiger partial charge in [-0.15, -0.1) is 0 Å². The molecule has 4 N–H and O–H groups in total. The molecule has 0 bridgehead atoms. The molecule has 0 saturated heterocycles. The normalized spacial score (nSPS) is 10.1. The van der Waals surface area contributed by atoms with Crippen molar-refractivity contribution in [3.63, 3.8) is 0 Å². The van der Waals surface area contributed by atoms with E-state index in [2.05, 4.69) is 15.8 Å². The van der Waals surface area contributed by atoms with Crippen LogP contribution in [0.15, 0.2) is 28.8 Å². The number of carbonyl (C=O) groups is 1. The number of hydrogen-bond acceptors (Lipinski definition) is 4. The van der Waals surface area contributed by atoms with Gasteiger partial charge >= 0.3 is 6.03 Å². The minimum absolute atomic E-state index is 0.357. The van der Waals surface area contributed by atoms with E-state index in [0.29, 0.717) is 23.0 Å². The van der Waals surface area contributed by atoms with Crippen LogP contribution in [0, 0.1) is 13.8 Å². The Morgan fingerprint density at radius 1 is 1.28 bits per heavy atom. The third-order valence-electron chi connectivity index (χ3n) is 2.32. The number of aryl methyl sites for hydroxylation is 2. The van der Waals surface area contributed by atoms with Crippen molar-refractivity contribution in [2.24, 2.45) is 0 Å². The maximum Gasteiger partial charge on any atom is 0.325 e. The van der Waals surface area contributed by atoms with E-state index in [1.165, 1.54) is 0 Å². The van der Waals surface area contributed by atoms with Gasteiger partial charge in [0.2, 0.25) is 0 Å². The molecule has 2 aromatic rings. The van der Waals surface area contributed by atoms with Crippen molar-refractivity contribution in [3.05, 3.63) is 35.6 Å². The third-order valence-corrected chi connectivity index (χ3v) is 2.32. The van der Waals surface area contributed by atoms with Crippen LogP contribution in [-0.2, 0) is 0 Å². The van der Waals surface area contributed by atoms with Gasteiger partial charge in [0.05, 0.1) is 11.4 Å². The first-order chi connectivity index (χ1) is 8.54. The van der Waals surface area contributed by atoms with E-state index >= 15 is 0 Å². The lowest BCUT2D eigenvalue weighted by atomic mass is 10.2. The Kier molecular flexibility index (Phi) is 3.18. The summed E-state index contributed by atoms with van der Waals surface area (Å²) in [5.41, 5.74) is 7.89. The van der Waals surface area contributed by atoms with Crippen molar-refractivity contribution in [2.45, 2.75) is 13.8 Å². The van der Waals surface area contributed by atoms with E-state index < -0.39 is 6.03 Å². The number of nitrogens with one attached hydrogen (secondary N) is 2. The Balaban J connectivity index is 2.03. The Morgan fingerprint density at radius 2 is 2.06 bits per heavy atom. The summed E-state index contributed by atoms with van der Waals surface area (Å²) in [5.74, 6) is 0.982. The predicted molar refractivity (Wildman–Crippen MR) is 69.5 cm³/mol. The fourth-order valence-electron chi connectivity index (χ4n) is 1.49. The molecule has 0 fully saturated rings. The molecule has 2 amide bonds. The third kappa shape index (κ3) is 2.79. The van der Waals surface area contributed by atoms with E-state index in [-0.39, 0.29) is 0 Å². The molecular weight excluding hydrogens is 232 g/mol. The van der Waals surface area contributed by atoms with Gasteiger partial charge in [-0.3, -0.25) is 5.32 Å². The minimum Gasteiger partial charge on any atom is -0.397 e. The molecule has 1 heterocycles. The lowest BCUT2D eigenvalue weighted by molar-refractivity contribution is 0.262. The van der Waals surface area contributed by atoms with E-state index in [9.17, 15) is 4.79 Å². The molecule has 1 aromatic heterocycles. The summed E-state index contributed by atoms with van der Waals surface area (Å²) < 4.78 is 4.84. The molecule has 0 aliphatic rings. The summed E-state index contributed by atoms with van der Waals surface area (Å²) in [6.07, 6.45) is 0. The van der Waals surface area contributed by atoms with Crippen molar-refractivity contribution in [1.29, 1.82) is 0 Å². The number of hydrogen-bond donors (Lipinski definition) is 3. The fraction of sp³-hybridized carbons (Fsp3) is 0.167. The molecule has 0 unspecified atom stereocenters. The van der Waals surface area contributed by atoms with Crippen LogP contribution >= 0.6 is 0 Å². The number of aromatic nitrogens is 1. The smallest absolute Gasteiger partial charge is 0.325 e. The first-order valence-electron chi connectivity index (χ1n) is 5.42. The van der Waals surface area contributed by atoms with E-state index in [0.717, 1.165) is 5.56 Å². The SMILES string of the molecule is Cc1ccc(NC(=O)Nc2cc(C)on2)c(N)c1. The Hall–Kier alpha value is -2.50. The molecule has 94 valence electrons. The zero-order chi connectivity index (χ0) is 13.1. The highest BCUT2D eigenvalue weighted by Crippen LogP contribution is 2.19. The molecule has 18 heavy (non-hydrogen) atoms. The van der Waals surface area contributed by atoms with Crippen LogP contribution in [0.3, 0.4) is 0 Å². The number of nitrogen functional groups attached to an aromatic ring is 1. The number of carbonyl (C=O) groups excluding carboxylic acids is 1. The van der Waals surface area contributed by atoms with Crippen LogP contribution in [0.4, 0.5) is 22.0 Å². The number of nitrogens with zero attached hydrogens (tertiary/aromatic N) is 1. The monoisotopic (exact) mass is 246 g/mol. The fourth-order valence-corrected chi connectivity index (χ4v) is 1.49. The zero-order valence-corrected chi connectivity index (χ0v) is 10.2. The van der Waals surface area contributed by atoms with Gasteiger partial charge in [0, 0.05) is 6.07 Å². The highest BCUT2D eigenvalue weighted by molar-refractivity contribution is 6.01. The molecule has 0 radical (unpaired) electrons. The second-order valence-corrected chi connectivity index (χ2v) is 3.99. The number of amides is 2. The van der Waals surface area contributed by atoms with Crippen LogP contribution in [0.1, 0.15) is 11.3 Å². The van der Waals surface area contributed by atoms with Crippen LogP contribution < -0.4 is 16.4 Å². The first-order valence-corrected chi connectivity index (χ1v) is 5.42. The topological polar surface area (TPSA) is 93.2 Å². The number of rotatable bonds is 2. The van der Waals surface area contributed by atoms with Gasteiger partial charge in [-0.1, -0.05) is 11.2 Å². The van der Waals surface area contributed by atoms with Crippen LogP contribution in [0.5, 0.6) is 0 Å². The predicted octanol–water partition coefficient (Wildman–Crippen LogP) is 2.52. The van der Waals surface area contributed by atoms with Crippen LogP contribution in [-0.4, -0.2) is 11.2 Å². The molecule has 1 aromatic carbocycles. The summed E-state index contributed by atoms with van der Waals surface area (Å²) in [5, 5.41) is 8.84. The first kappa shape index (κ1) is 12.0. The molecule has 0 aliphatic carbocycles. The van der Waals surface area contributed by atoms with Gasteiger partial charge in [-0.2, -0.15) is 0 Å². The standard InChI is InChI=1S/C12H14N4O2/c1-7-3-4-10(9(13)5-7)14-12(17)15-11-6-8(2)18-16-11/h3-6H,13H2,1-2H3,(H2,14,15,16,17). The van der Waals surface area contributed by atoms with E-state index in [4.69, 9.17) is 10.3 Å². The van der Waals surface area contributed by atoms with Gasteiger partial charge in [0.25, 0.3) is 0 Å². The number of anilines is 3. The Bertz CT molecular complexity index is 577. The number of urea groups is 1. The zero-order valence-electron chi connectivity index (χ0n) is 10.2. The van der Waals surface area contributed by atoms with E-state index in [1.807, 2.05) is 13.0 Å². The van der Waals surface area contributed by atoms with Gasteiger partial charge in [-0.05, 0) is 31.5 Å². The van der Waals surface area contributed by atoms with Gasteiger partial charge in [0.1, 0.15) is 5.76 Å². The number of benzene rings is 1. The molecule has 6 heteroatoms. The Labute approximate surface area is 104 Å². The lowest BCUT2D eigenvalue weighted by Crippen LogP contribution is -2.20. The molecular formula is C12H14N4O2. The minimum atomic E-state index is -0.418. The van der Waals surface area contributed by atoms with Crippen molar-refractivity contribution >= 4 is 23.2 Å². The summed E-state index contributed by atoms with van der Waals surface area (Å²) in [6, 6.07) is 6.61. The van der Waals surface area contributed by atoms with Gasteiger partial charge < -0.3 is 15.6 Å². The Morgan fingerprint density at radius 3 is 2.67 bits per heavy atom. The summed E-state index contributed by atoms with van der Waals surface area (Å²) in [7, 11) is 0. The highest BCUT2D eigenvalue weighted by Gasteiger charge is 2.07. The second-order valence-electron chi connectivity index (χ2n) is 3.99. The largest absolute Gasteiger partial charge is 0.397 e. The highest BCUT2D eigenvalue weighted by atomic mass is 16.5. The molecule has 0 spiro atoms. The molecule has 6 nitrogen and oxygen atoms in total. The lowest BCUT2D eigenvalue weighted by Gasteiger charge is -2.08. The average Bonchev–Trinajstić information content (AvgIpc) is 2.68. The molecule has 0 aliphatic heterocycles.